The molecule has 0 bridgehead atoms. The van der Waals surface area contributed by atoms with Crippen molar-refractivity contribution in [3.05, 3.63) is 29.3 Å². The molecule has 7 heteroatoms. The molecule has 106 valence electrons. The maximum absolute atomic E-state index is 12.1. The van der Waals surface area contributed by atoms with Crippen molar-refractivity contribution < 1.29 is 14.7 Å². The molecule has 0 saturated carbocycles. The van der Waals surface area contributed by atoms with Gasteiger partial charge in [-0.1, -0.05) is 11.6 Å². The highest BCUT2D eigenvalue weighted by atomic mass is 35.5. The van der Waals surface area contributed by atoms with E-state index in [1.807, 2.05) is 6.07 Å². The van der Waals surface area contributed by atoms with Gasteiger partial charge in [-0.3, -0.25) is 0 Å². The molecule has 1 aromatic carbocycles. The van der Waals surface area contributed by atoms with Crippen LogP contribution in [0.15, 0.2) is 24.3 Å². The van der Waals surface area contributed by atoms with E-state index in [2.05, 4.69) is 5.32 Å². The lowest BCUT2D eigenvalue weighted by molar-refractivity contribution is -0.141. The lowest BCUT2D eigenvalue weighted by atomic mass is 10.2. The minimum absolute atomic E-state index is 0.0450. The molecular formula is C13H14ClN3O3. The summed E-state index contributed by atoms with van der Waals surface area (Å²) in [4.78, 5) is 24.1. The molecule has 0 radical (unpaired) electrons. The summed E-state index contributed by atoms with van der Waals surface area (Å²) < 4.78 is 0. The van der Waals surface area contributed by atoms with Gasteiger partial charge in [0.1, 0.15) is 6.04 Å². The van der Waals surface area contributed by atoms with E-state index in [1.54, 1.807) is 24.3 Å². The molecule has 2 N–H and O–H groups in total. The first-order chi connectivity index (χ1) is 9.45. The summed E-state index contributed by atoms with van der Waals surface area (Å²) >= 11 is 5.73. The van der Waals surface area contributed by atoms with Crippen molar-refractivity contribution in [2.45, 2.75) is 19.4 Å². The van der Waals surface area contributed by atoms with Gasteiger partial charge in [-0.15, -0.1) is 0 Å². The Bertz CT molecular complexity index is 525. The number of hydrogen-bond donors (Lipinski definition) is 2. The number of urea groups is 1. The van der Waals surface area contributed by atoms with Crippen LogP contribution in [0.25, 0.3) is 0 Å². The average molecular weight is 296 g/mol. The Morgan fingerprint density at radius 2 is 2.05 bits per heavy atom. The van der Waals surface area contributed by atoms with E-state index in [0.29, 0.717) is 10.7 Å². The Morgan fingerprint density at radius 3 is 2.55 bits per heavy atom. The Kier molecular flexibility index (Phi) is 5.81. The molecule has 1 rings (SSSR count). The third kappa shape index (κ3) is 4.44. The van der Waals surface area contributed by atoms with Gasteiger partial charge in [0.05, 0.1) is 12.5 Å². The molecule has 0 fully saturated rings. The molecule has 0 saturated heterocycles. The second-order valence-corrected chi connectivity index (χ2v) is 4.49. The van der Waals surface area contributed by atoms with Crippen LogP contribution in [0.1, 0.15) is 13.3 Å². The molecule has 0 aliphatic carbocycles. The number of benzene rings is 1. The Balaban J connectivity index is 2.79. The zero-order valence-electron chi connectivity index (χ0n) is 10.8. The first kappa shape index (κ1) is 15.8. The molecule has 0 spiro atoms. The van der Waals surface area contributed by atoms with E-state index < -0.39 is 18.0 Å². The number of nitrogens with one attached hydrogen (secondary N) is 1. The van der Waals surface area contributed by atoms with Crippen LogP contribution in [-0.4, -0.2) is 34.6 Å². The summed E-state index contributed by atoms with van der Waals surface area (Å²) in [6.45, 7) is 1.44. The summed E-state index contributed by atoms with van der Waals surface area (Å²) in [5, 5.41) is 20.6. The quantitative estimate of drug-likeness (QED) is 0.873. The number of carbonyl (C=O) groups is 2. The number of hydrogen-bond acceptors (Lipinski definition) is 3. The summed E-state index contributed by atoms with van der Waals surface area (Å²) in [6.07, 6.45) is 0.0612. The highest BCUT2D eigenvalue weighted by Gasteiger charge is 2.25. The maximum atomic E-state index is 12.1. The fraction of sp³-hybridized carbons (Fsp3) is 0.308. The molecule has 2 amide bonds. The molecule has 0 heterocycles. The van der Waals surface area contributed by atoms with Gasteiger partial charge in [-0.25, -0.2) is 9.59 Å². The molecule has 6 nitrogen and oxygen atoms in total. The molecule has 0 aliphatic rings. The molecule has 20 heavy (non-hydrogen) atoms. The molecule has 1 unspecified atom stereocenters. The molecule has 0 aromatic heterocycles. The number of nitrogens with zero attached hydrogens (tertiary/aromatic N) is 2. The Hall–Kier alpha value is -2.26. The van der Waals surface area contributed by atoms with Gasteiger partial charge in [-0.2, -0.15) is 5.26 Å². The van der Waals surface area contributed by atoms with Crippen LogP contribution < -0.4 is 5.32 Å². The summed E-state index contributed by atoms with van der Waals surface area (Å²) in [5.74, 6) is -1.13. The monoisotopic (exact) mass is 295 g/mol. The number of halogens is 1. The van der Waals surface area contributed by atoms with Crippen molar-refractivity contribution in [3.8, 4) is 6.07 Å². The SMILES string of the molecule is CC(C(=O)O)N(CCC#N)C(=O)Nc1ccc(Cl)cc1. The van der Waals surface area contributed by atoms with Crippen molar-refractivity contribution >= 4 is 29.3 Å². The van der Waals surface area contributed by atoms with Crippen LogP contribution in [-0.2, 0) is 4.79 Å². The predicted octanol–water partition coefficient (Wildman–Crippen LogP) is 2.56. The largest absolute Gasteiger partial charge is 0.480 e. The lowest BCUT2D eigenvalue weighted by Gasteiger charge is -2.25. The van der Waals surface area contributed by atoms with Gasteiger partial charge in [0.2, 0.25) is 0 Å². The van der Waals surface area contributed by atoms with Crippen LogP contribution in [0, 0.1) is 11.3 Å². The third-order valence-electron chi connectivity index (χ3n) is 2.65. The lowest BCUT2D eigenvalue weighted by Crippen LogP contribution is -2.45. The number of aliphatic carboxylic acids is 1. The fourth-order valence-electron chi connectivity index (χ4n) is 1.50. The van der Waals surface area contributed by atoms with Gasteiger partial charge >= 0.3 is 12.0 Å². The van der Waals surface area contributed by atoms with Gasteiger partial charge < -0.3 is 15.3 Å². The second kappa shape index (κ2) is 7.36. The second-order valence-electron chi connectivity index (χ2n) is 4.05. The Labute approximate surface area is 121 Å². The standard InChI is InChI=1S/C13H14ClN3O3/c1-9(12(18)19)17(8-2-7-15)13(20)16-11-5-3-10(14)4-6-11/h3-6,9H,2,8H2,1H3,(H,16,20)(H,18,19). The average Bonchev–Trinajstić information content (AvgIpc) is 2.41. The van der Waals surface area contributed by atoms with Crippen molar-refractivity contribution in [2.24, 2.45) is 0 Å². The number of carbonyl (C=O) groups excluding carboxylic acids is 1. The maximum Gasteiger partial charge on any atom is 0.326 e. The van der Waals surface area contributed by atoms with Crippen LogP contribution in [0.3, 0.4) is 0 Å². The van der Waals surface area contributed by atoms with E-state index in [9.17, 15) is 9.59 Å². The summed E-state index contributed by atoms with van der Waals surface area (Å²) in [5.41, 5.74) is 0.499. The van der Waals surface area contributed by atoms with Crippen molar-refractivity contribution in [2.75, 3.05) is 11.9 Å². The van der Waals surface area contributed by atoms with Gasteiger partial charge in [0.25, 0.3) is 0 Å². The predicted molar refractivity (Wildman–Crippen MR) is 74.5 cm³/mol. The smallest absolute Gasteiger partial charge is 0.326 e. The number of anilines is 1. The first-order valence-corrected chi connectivity index (χ1v) is 6.26. The van der Waals surface area contributed by atoms with E-state index in [1.165, 1.54) is 6.92 Å². The van der Waals surface area contributed by atoms with Crippen molar-refractivity contribution in [1.29, 1.82) is 5.26 Å². The summed E-state index contributed by atoms with van der Waals surface area (Å²) in [6, 6.07) is 6.72. The molecule has 1 aromatic rings. The van der Waals surface area contributed by atoms with Crippen LogP contribution >= 0.6 is 11.6 Å². The van der Waals surface area contributed by atoms with Gasteiger partial charge in [0.15, 0.2) is 0 Å². The minimum Gasteiger partial charge on any atom is -0.480 e. The van der Waals surface area contributed by atoms with Gasteiger partial charge in [-0.05, 0) is 31.2 Å². The van der Waals surface area contributed by atoms with E-state index in [0.717, 1.165) is 4.90 Å². The zero-order chi connectivity index (χ0) is 15.1. The summed E-state index contributed by atoms with van der Waals surface area (Å²) in [7, 11) is 0. The molecule has 1 atom stereocenters. The topological polar surface area (TPSA) is 93.4 Å². The van der Waals surface area contributed by atoms with Crippen molar-refractivity contribution in [3.63, 3.8) is 0 Å². The highest BCUT2D eigenvalue weighted by Crippen LogP contribution is 2.14. The van der Waals surface area contributed by atoms with Crippen LogP contribution in [0.5, 0.6) is 0 Å². The van der Waals surface area contributed by atoms with Crippen LogP contribution in [0.2, 0.25) is 5.02 Å². The highest BCUT2D eigenvalue weighted by molar-refractivity contribution is 6.30. The van der Waals surface area contributed by atoms with E-state index in [-0.39, 0.29) is 13.0 Å². The van der Waals surface area contributed by atoms with E-state index >= 15 is 0 Å². The number of carboxylic acid groups (broad SMARTS) is 1. The minimum atomic E-state index is -1.13. The third-order valence-corrected chi connectivity index (χ3v) is 2.90. The number of carboxylic acids is 1. The molecule has 0 aliphatic heterocycles. The fourth-order valence-corrected chi connectivity index (χ4v) is 1.63. The van der Waals surface area contributed by atoms with Gasteiger partial charge in [0, 0.05) is 17.3 Å². The number of nitriles is 1. The normalized spacial score (nSPS) is 11.2. The zero-order valence-corrected chi connectivity index (χ0v) is 11.6. The van der Waals surface area contributed by atoms with Crippen molar-refractivity contribution in [1.82, 2.24) is 4.90 Å². The van der Waals surface area contributed by atoms with E-state index in [4.69, 9.17) is 22.0 Å². The number of rotatable bonds is 5. The first-order valence-electron chi connectivity index (χ1n) is 5.88. The molecular weight excluding hydrogens is 282 g/mol. The van der Waals surface area contributed by atoms with Crippen LogP contribution in [0.4, 0.5) is 10.5 Å². The number of amides is 2. The Morgan fingerprint density at radius 1 is 1.45 bits per heavy atom.